The number of allylic oxidation sites excluding steroid dienone is 3. The molecule has 0 fully saturated rings. The number of nitriles is 1. The number of fused-ring (bicyclic) bond motifs is 2. The summed E-state index contributed by atoms with van der Waals surface area (Å²) < 4.78 is 0. The predicted molar refractivity (Wildman–Crippen MR) is 135 cm³/mol. The van der Waals surface area contributed by atoms with Crippen molar-refractivity contribution < 1.29 is 9.59 Å². The number of benzene rings is 2. The number of amides is 2. The van der Waals surface area contributed by atoms with Gasteiger partial charge in [0.25, 0.3) is 5.91 Å². The molecule has 1 aliphatic carbocycles. The number of pyridine rings is 1. The van der Waals surface area contributed by atoms with Gasteiger partial charge in [-0.25, -0.2) is 15.0 Å². The first-order valence-electron chi connectivity index (χ1n) is 10.8. The van der Waals surface area contributed by atoms with E-state index in [9.17, 15) is 14.9 Å². The summed E-state index contributed by atoms with van der Waals surface area (Å²) in [5.41, 5.74) is 4.81. The fraction of sp³-hybridized carbons (Fsp3) is 0.0769. The van der Waals surface area contributed by atoms with Crippen LogP contribution in [0.1, 0.15) is 17.5 Å². The van der Waals surface area contributed by atoms with Crippen molar-refractivity contribution in [2.24, 2.45) is 9.98 Å². The molecule has 2 heterocycles. The molecule has 1 aromatic heterocycles. The SMILES string of the molecule is N#Cc1c(NC(=O)C2=CC=C3N=CN=C3C2)nc2ccc(NC=O)cc2c1NCc1ccccc1. The summed E-state index contributed by atoms with van der Waals surface area (Å²) in [7, 11) is 0. The Morgan fingerprint density at radius 3 is 2.80 bits per heavy atom. The summed E-state index contributed by atoms with van der Waals surface area (Å²) in [5.74, 6) is -0.219. The fourth-order valence-corrected chi connectivity index (χ4v) is 3.93. The summed E-state index contributed by atoms with van der Waals surface area (Å²) in [6.07, 6.45) is 5.84. The quantitative estimate of drug-likeness (QED) is 0.459. The molecule has 0 atom stereocenters. The third-order valence-corrected chi connectivity index (χ3v) is 5.66. The number of carbonyl (C=O) groups excluding carboxylic acids is 2. The zero-order valence-electron chi connectivity index (χ0n) is 18.4. The summed E-state index contributed by atoms with van der Waals surface area (Å²) in [6.45, 7) is 0.450. The third-order valence-electron chi connectivity index (χ3n) is 5.66. The van der Waals surface area contributed by atoms with Crippen molar-refractivity contribution in [1.82, 2.24) is 4.98 Å². The van der Waals surface area contributed by atoms with Crippen molar-refractivity contribution in [3.05, 3.63) is 83.1 Å². The molecule has 0 saturated carbocycles. The normalized spacial score (nSPS) is 13.7. The molecule has 3 aromatic rings. The smallest absolute Gasteiger partial charge is 0.253 e. The van der Waals surface area contributed by atoms with E-state index < -0.39 is 0 Å². The first-order valence-corrected chi connectivity index (χ1v) is 10.8. The van der Waals surface area contributed by atoms with Gasteiger partial charge in [0.05, 0.1) is 22.6 Å². The van der Waals surface area contributed by atoms with Crippen LogP contribution in [0.4, 0.5) is 17.2 Å². The largest absolute Gasteiger partial charge is 0.379 e. The van der Waals surface area contributed by atoms with Gasteiger partial charge in [-0.3, -0.25) is 9.59 Å². The van der Waals surface area contributed by atoms with Gasteiger partial charge in [-0.15, -0.1) is 0 Å². The number of hydrogen-bond acceptors (Lipinski definition) is 7. The maximum atomic E-state index is 13.1. The fourth-order valence-electron chi connectivity index (χ4n) is 3.93. The molecular formula is C26H19N7O2. The average molecular weight is 461 g/mol. The third kappa shape index (κ3) is 4.41. The van der Waals surface area contributed by atoms with E-state index in [2.05, 4.69) is 37.0 Å². The lowest BCUT2D eigenvalue weighted by Crippen LogP contribution is -2.20. The zero-order chi connectivity index (χ0) is 24.2. The molecule has 2 aromatic carbocycles. The molecule has 5 rings (SSSR count). The lowest BCUT2D eigenvalue weighted by Gasteiger charge is -2.17. The second kappa shape index (κ2) is 9.41. The molecule has 35 heavy (non-hydrogen) atoms. The Balaban J connectivity index is 1.53. The van der Waals surface area contributed by atoms with Crippen LogP contribution in [0, 0.1) is 11.3 Å². The number of carbonyl (C=O) groups is 2. The number of nitrogens with one attached hydrogen (secondary N) is 3. The highest BCUT2D eigenvalue weighted by molar-refractivity contribution is 6.16. The van der Waals surface area contributed by atoms with Crippen LogP contribution in [0.25, 0.3) is 10.9 Å². The molecule has 0 saturated heterocycles. The van der Waals surface area contributed by atoms with Crippen LogP contribution < -0.4 is 16.0 Å². The Hall–Kier alpha value is -5.10. The molecule has 1 aliphatic heterocycles. The number of anilines is 3. The van der Waals surface area contributed by atoms with Gasteiger partial charge >= 0.3 is 0 Å². The first-order chi connectivity index (χ1) is 17.2. The van der Waals surface area contributed by atoms with Crippen molar-refractivity contribution in [3.63, 3.8) is 0 Å². The van der Waals surface area contributed by atoms with E-state index in [1.54, 1.807) is 30.4 Å². The zero-order valence-corrected chi connectivity index (χ0v) is 18.4. The van der Waals surface area contributed by atoms with Crippen molar-refractivity contribution in [2.75, 3.05) is 16.0 Å². The Bertz CT molecular complexity index is 1510. The van der Waals surface area contributed by atoms with Crippen LogP contribution in [0.2, 0.25) is 0 Å². The van der Waals surface area contributed by atoms with Gasteiger partial charge in [0.1, 0.15) is 18.0 Å². The Labute approximate surface area is 200 Å². The minimum atomic E-state index is -0.369. The van der Waals surface area contributed by atoms with Crippen LogP contribution in [-0.4, -0.2) is 29.4 Å². The molecule has 9 nitrogen and oxygen atoms in total. The van der Waals surface area contributed by atoms with Gasteiger partial charge in [-0.05, 0) is 29.8 Å². The number of nitrogens with zero attached hydrogens (tertiary/aromatic N) is 4. The highest BCUT2D eigenvalue weighted by atomic mass is 16.1. The number of rotatable bonds is 7. The highest BCUT2D eigenvalue weighted by Gasteiger charge is 2.23. The Kier molecular flexibility index (Phi) is 5.84. The first kappa shape index (κ1) is 21.7. The van der Waals surface area contributed by atoms with Gasteiger partial charge < -0.3 is 16.0 Å². The van der Waals surface area contributed by atoms with Crippen molar-refractivity contribution in [3.8, 4) is 6.07 Å². The molecule has 0 unspecified atom stereocenters. The van der Waals surface area contributed by atoms with Crippen molar-refractivity contribution in [2.45, 2.75) is 13.0 Å². The molecular weight excluding hydrogens is 442 g/mol. The van der Waals surface area contributed by atoms with Gasteiger partial charge in [0.15, 0.2) is 5.82 Å². The summed E-state index contributed by atoms with van der Waals surface area (Å²) >= 11 is 0. The number of hydrogen-bond donors (Lipinski definition) is 3. The molecule has 9 heteroatoms. The van der Waals surface area contributed by atoms with E-state index in [0.717, 1.165) is 17.0 Å². The highest BCUT2D eigenvalue weighted by Crippen LogP contribution is 2.33. The van der Waals surface area contributed by atoms with E-state index in [-0.39, 0.29) is 17.3 Å². The van der Waals surface area contributed by atoms with Gasteiger partial charge in [0, 0.05) is 29.6 Å². The van der Waals surface area contributed by atoms with E-state index in [4.69, 9.17) is 0 Å². The molecule has 0 bridgehead atoms. The van der Waals surface area contributed by atoms with Gasteiger partial charge in [0.2, 0.25) is 6.41 Å². The van der Waals surface area contributed by atoms with Crippen molar-refractivity contribution >= 4 is 52.5 Å². The molecule has 2 amide bonds. The predicted octanol–water partition coefficient (Wildman–Crippen LogP) is 3.92. The second-order valence-electron chi connectivity index (χ2n) is 7.85. The van der Waals surface area contributed by atoms with Gasteiger partial charge in [-0.1, -0.05) is 36.4 Å². The molecule has 3 N–H and O–H groups in total. The minimum Gasteiger partial charge on any atom is -0.379 e. The van der Waals surface area contributed by atoms with Crippen molar-refractivity contribution in [1.29, 1.82) is 5.26 Å². The maximum absolute atomic E-state index is 13.1. The van der Waals surface area contributed by atoms with E-state index in [0.29, 0.717) is 47.2 Å². The van der Waals surface area contributed by atoms with Crippen LogP contribution in [0.5, 0.6) is 0 Å². The molecule has 0 spiro atoms. The summed E-state index contributed by atoms with van der Waals surface area (Å²) in [5, 5.41) is 19.5. The topological polar surface area (TPSA) is 132 Å². The monoisotopic (exact) mass is 461 g/mol. The number of aromatic nitrogens is 1. The lowest BCUT2D eigenvalue weighted by atomic mass is 10.00. The van der Waals surface area contributed by atoms with Crippen LogP contribution in [-0.2, 0) is 16.1 Å². The lowest BCUT2D eigenvalue weighted by molar-refractivity contribution is -0.113. The summed E-state index contributed by atoms with van der Waals surface area (Å²) in [4.78, 5) is 36.9. The van der Waals surface area contributed by atoms with Crippen LogP contribution in [0.3, 0.4) is 0 Å². The Morgan fingerprint density at radius 1 is 1.14 bits per heavy atom. The molecule has 170 valence electrons. The molecule has 2 aliphatic rings. The number of aliphatic imine (C=N–C) groups is 2. The van der Waals surface area contributed by atoms with E-state index >= 15 is 0 Å². The Morgan fingerprint density at radius 2 is 2.00 bits per heavy atom. The molecule has 0 radical (unpaired) electrons. The van der Waals surface area contributed by atoms with Crippen LogP contribution in [0.15, 0.2) is 81.9 Å². The summed E-state index contributed by atoms with van der Waals surface area (Å²) in [6, 6.07) is 17.1. The maximum Gasteiger partial charge on any atom is 0.253 e. The standard InChI is InChI=1S/C26H19N7O2/c27-12-20-24(28-13-16-4-2-1-3-5-16)19-11-18(31-15-34)7-9-21(19)32-25(20)33-26(35)17-6-8-22-23(10-17)30-14-29-22/h1-9,11,14-15H,10,13H2,(H,31,34)(H2,28,32,33,35). The average Bonchev–Trinajstić information content (AvgIpc) is 3.36. The second-order valence-corrected chi connectivity index (χ2v) is 7.85. The van der Waals surface area contributed by atoms with Crippen LogP contribution >= 0.6 is 0 Å². The van der Waals surface area contributed by atoms with E-state index in [1.807, 2.05) is 30.3 Å². The van der Waals surface area contributed by atoms with Gasteiger partial charge in [-0.2, -0.15) is 5.26 Å². The minimum absolute atomic E-state index is 0.150. The van der Waals surface area contributed by atoms with E-state index in [1.165, 1.54) is 6.34 Å².